The van der Waals surface area contributed by atoms with Gasteiger partial charge in [-0.25, -0.2) is 9.37 Å². The van der Waals surface area contributed by atoms with Crippen molar-refractivity contribution in [3.05, 3.63) is 52.4 Å². The maximum Gasteiger partial charge on any atom is 0.223 e. The fourth-order valence-electron chi connectivity index (χ4n) is 1.56. The number of ether oxygens (including phenoxy) is 1. The first-order valence-corrected chi connectivity index (χ1v) is 6.77. The first-order valence-electron chi connectivity index (χ1n) is 5.97. The zero-order chi connectivity index (χ0) is 13.7. The number of rotatable bonds is 5. The summed E-state index contributed by atoms with van der Waals surface area (Å²) in [6, 6.07) is 7.83. The SMILES string of the molecule is CCNCc1cc(Br)cnc1Oc1ccc(F)cc1. The summed E-state index contributed by atoms with van der Waals surface area (Å²) in [5.74, 6) is 0.800. The number of aromatic nitrogens is 1. The van der Waals surface area contributed by atoms with Crippen molar-refractivity contribution in [2.75, 3.05) is 6.54 Å². The van der Waals surface area contributed by atoms with Gasteiger partial charge >= 0.3 is 0 Å². The van der Waals surface area contributed by atoms with Gasteiger partial charge in [-0.1, -0.05) is 6.92 Å². The number of hydrogen-bond acceptors (Lipinski definition) is 3. The van der Waals surface area contributed by atoms with Crippen LogP contribution in [0.15, 0.2) is 41.0 Å². The number of nitrogens with zero attached hydrogens (tertiary/aromatic N) is 1. The number of benzene rings is 1. The van der Waals surface area contributed by atoms with Crippen molar-refractivity contribution >= 4 is 15.9 Å². The molecule has 19 heavy (non-hydrogen) atoms. The van der Waals surface area contributed by atoms with Crippen LogP contribution in [0, 0.1) is 5.82 Å². The van der Waals surface area contributed by atoms with Gasteiger partial charge in [0.25, 0.3) is 0 Å². The van der Waals surface area contributed by atoms with Crippen LogP contribution in [0.3, 0.4) is 0 Å². The van der Waals surface area contributed by atoms with Crippen LogP contribution >= 0.6 is 15.9 Å². The van der Waals surface area contributed by atoms with Crippen molar-refractivity contribution in [3.8, 4) is 11.6 Å². The van der Waals surface area contributed by atoms with Gasteiger partial charge < -0.3 is 10.1 Å². The highest BCUT2D eigenvalue weighted by Crippen LogP contribution is 2.25. The van der Waals surface area contributed by atoms with Crippen LogP contribution in [-0.4, -0.2) is 11.5 Å². The van der Waals surface area contributed by atoms with Crippen molar-refractivity contribution in [1.29, 1.82) is 0 Å². The second-order valence-corrected chi connectivity index (χ2v) is 4.87. The normalized spacial score (nSPS) is 10.5. The molecule has 2 rings (SSSR count). The first kappa shape index (κ1) is 14.0. The van der Waals surface area contributed by atoms with E-state index in [0.29, 0.717) is 18.2 Å². The minimum Gasteiger partial charge on any atom is -0.439 e. The van der Waals surface area contributed by atoms with Crippen molar-refractivity contribution < 1.29 is 9.13 Å². The Labute approximate surface area is 119 Å². The minimum atomic E-state index is -0.288. The lowest BCUT2D eigenvalue weighted by Gasteiger charge is -2.10. The molecule has 100 valence electrons. The fourth-order valence-corrected chi connectivity index (χ4v) is 1.94. The predicted molar refractivity (Wildman–Crippen MR) is 75.8 cm³/mol. The van der Waals surface area contributed by atoms with Crippen molar-refractivity contribution in [2.24, 2.45) is 0 Å². The van der Waals surface area contributed by atoms with Crippen LogP contribution in [-0.2, 0) is 6.54 Å². The van der Waals surface area contributed by atoms with Gasteiger partial charge in [0.05, 0.1) is 0 Å². The zero-order valence-corrected chi connectivity index (χ0v) is 12.1. The average molecular weight is 325 g/mol. The van der Waals surface area contributed by atoms with Crippen molar-refractivity contribution in [3.63, 3.8) is 0 Å². The Morgan fingerprint density at radius 3 is 2.74 bits per heavy atom. The molecule has 1 N–H and O–H groups in total. The van der Waals surface area contributed by atoms with Crippen LogP contribution in [0.5, 0.6) is 11.6 Å². The summed E-state index contributed by atoms with van der Waals surface area (Å²) in [7, 11) is 0. The molecule has 0 spiro atoms. The van der Waals surface area contributed by atoms with Gasteiger partial charge in [-0.2, -0.15) is 0 Å². The fraction of sp³-hybridized carbons (Fsp3) is 0.214. The van der Waals surface area contributed by atoms with E-state index in [9.17, 15) is 4.39 Å². The topological polar surface area (TPSA) is 34.2 Å². The first-order chi connectivity index (χ1) is 9.19. The van der Waals surface area contributed by atoms with E-state index in [-0.39, 0.29) is 5.82 Å². The van der Waals surface area contributed by atoms with E-state index in [0.717, 1.165) is 16.6 Å². The lowest BCUT2D eigenvalue weighted by molar-refractivity contribution is 0.451. The van der Waals surface area contributed by atoms with E-state index in [1.807, 2.05) is 13.0 Å². The van der Waals surface area contributed by atoms with Crippen LogP contribution in [0.25, 0.3) is 0 Å². The van der Waals surface area contributed by atoms with Gasteiger partial charge in [-0.3, -0.25) is 0 Å². The molecule has 0 atom stereocenters. The Kier molecular flexibility index (Phi) is 4.87. The smallest absolute Gasteiger partial charge is 0.223 e. The summed E-state index contributed by atoms with van der Waals surface area (Å²) in [5.41, 5.74) is 0.945. The summed E-state index contributed by atoms with van der Waals surface area (Å²) >= 11 is 3.39. The quantitative estimate of drug-likeness (QED) is 0.906. The molecule has 0 bridgehead atoms. The molecule has 1 aromatic heterocycles. The number of halogens is 2. The molecule has 1 aromatic carbocycles. The molecule has 3 nitrogen and oxygen atoms in total. The van der Waals surface area contributed by atoms with Crippen LogP contribution < -0.4 is 10.1 Å². The lowest BCUT2D eigenvalue weighted by Crippen LogP contribution is -2.12. The second-order valence-electron chi connectivity index (χ2n) is 3.95. The van der Waals surface area contributed by atoms with Gasteiger partial charge in [0.15, 0.2) is 0 Å². The predicted octanol–water partition coefficient (Wildman–Crippen LogP) is 3.89. The molecule has 0 unspecified atom stereocenters. The number of pyridine rings is 1. The molecule has 2 aromatic rings. The summed E-state index contributed by atoms with van der Waals surface area (Å²) in [5, 5.41) is 3.23. The van der Waals surface area contributed by atoms with E-state index >= 15 is 0 Å². The highest BCUT2D eigenvalue weighted by molar-refractivity contribution is 9.10. The zero-order valence-electron chi connectivity index (χ0n) is 10.5. The van der Waals surface area contributed by atoms with Gasteiger partial charge in [0, 0.05) is 22.8 Å². The summed E-state index contributed by atoms with van der Waals surface area (Å²) in [4.78, 5) is 4.25. The van der Waals surface area contributed by atoms with Crippen molar-refractivity contribution in [2.45, 2.75) is 13.5 Å². The molecule has 0 aliphatic carbocycles. The Morgan fingerprint density at radius 2 is 2.05 bits per heavy atom. The third kappa shape index (κ3) is 4.01. The Hall–Kier alpha value is -1.46. The Morgan fingerprint density at radius 1 is 1.32 bits per heavy atom. The molecule has 0 aliphatic heterocycles. The maximum absolute atomic E-state index is 12.8. The van der Waals surface area contributed by atoms with E-state index in [1.54, 1.807) is 18.3 Å². The van der Waals surface area contributed by atoms with E-state index < -0.39 is 0 Å². The Balaban J connectivity index is 2.20. The molecular weight excluding hydrogens is 311 g/mol. The standard InChI is InChI=1S/C14H14BrFN2O/c1-2-17-8-10-7-11(15)9-18-14(10)19-13-5-3-12(16)4-6-13/h3-7,9,17H,2,8H2,1H3. The average Bonchev–Trinajstić information content (AvgIpc) is 2.41. The molecule has 0 saturated heterocycles. The second kappa shape index (κ2) is 6.63. The summed E-state index contributed by atoms with van der Waals surface area (Å²) in [6.07, 6.45) is 1.67. The van der Waals surface area contributed by atoms with E-state index in [2.05, 4.69) is 26.2 Å². The van der Waals surface area contributed by atoms with Gasteiger partial charge in [-0.15, -0.1) is 0 Å². The van der Waals surface area contributed by atoms with Gasteiger partial charge in [-0.05, 0) is 52.8 Å². The largest absolute Gasteiger partial charge is 0.439 e. The molecule has 1 heterocycles. The Bertz CT molecular complexity index is 546. The molecule has 0 radical (unpaired) electrons. The molecule has 0 saturated carbocycles. The highest BCUT2D eigenvalue weighted by Gasteiger charge is 2.07. The highest BCUT2D eigenvalue weighted by atomic mass is 79.9. The third-order valence-corrected chi connectivity index (χ3v) is 2.92. The number of nitrogens with one attached hydrogen (secondary N) is 1. The van der Waals surface area contributed by atoms with E-state index in [4.69, 9.17) is 4.74 Å². The summed E-state index contributed by atoms with van der Waals surface area (Å²) < 4.78 is 19.4. The molecular formula is C14H14BrFN2O. The van der Waals surface area contributed by atoms with Crippen LogP contribution in [0.2, 0.25) is 0 Å². The molecule has 0 amide bonds. The maximum atomic E-state index is 12.8. The summed E-state index contributed by atoms with van der Waals surface area (Å²) in [6.45, 7) is 3.56. The minimum absolute atomic E-state index is 0.288. The number of hydrogen-bond donors (Lipinski definition) is 1. The van der Waals surface area contributed by atoms with Crippen LogP contribution in [0.4, 0.5) is 4.39 Å². The molecule has 5 heteroatoms. The van der Waals surface area contributed by atoms with Crippen LogP contribution in [0.1, 0.15) is 12.5 Å². The monoisotopic (exact) mass is 324 g/mol. The van der Waals surface area contributed by atoms with Gasteiger partial charge in [0.1, 0.15) is 11.6 Å². The van der Waals surface area contributed by atoms with E-state index in [1.165, 1.54) is 12.1 Å². The third-order valence-electron chi connectivity index (χ3n) is 2.49. The van der Waals surface area contributed by atoms with Gasteiger partial charge in [0.2, 0.25) is 5.88 Å². The van der Waals surface area contributed by atoms with Crippen molar-refractivity contribution in [1.82, 2.24) is 10.3 Å². The lowest BCUT2D eigenvalue weighted by atomic mass is 10.2. The molecule has 0 aliphatic rings. The molecule has 0 fully saturated rings.